The molecular weight excluding hydrogens is 213 g/mol. The zero-order chi connectivity index (χ0) is 10.7. The first-order valence-electron chi connectivity index (χ1n) is 5.26. The lowest BCUT2D eigenvalue weighted by atomic mass is 9.96. The van der Waals surface area contributed by atoms with E-state index in [1.807, 2.05) is 11.4 Å². The summed E-state index contributed by atoms with van der Waals surface area (Å²) >= 11 is 1.70. The second-order valence-corrected chi connectivity index (χ2v) is 5.23. The van der Waals surface area contributed by atoms with Crippen molar-refractivity contribution < 1.29 is 9.50 Å². The van der Waals surface area contributed by atoms with Gasteiger partial charge in [-0.2, -0.15) is 0 Å². The van der Waals surface area contributed by atoms with Crippen molar-refractivity contribution in [3.05, 3.63) is 22.4 Å². The summed E-state index contributed by atoms with van der Waals surface area (Å²) in [5.41, 5.74) is -1.38. The van der Waals surface area contributed by atoms with Crippen molar-refractivity contribution in [1.82, 2.24) is 4.90 Å². The number of alkyl halides is 1. The Hall–Kier alpha value is -0.450. The minimum Gasteiger partial charge on any atom is -0.393 e. The van der Waals surface area contributed by atoms with Crippen LogP contribution in [-0.4, -0.2) is 35.4 Å². The molecule has 1 aromatic heterocycles. The van der Waals surface area contributed by atoms with E-state index in [1.54, 1.807) is 11.3 Å². The predicted octanol–water partition coefficient (Wildman–Crippen LogP) is 2.04. The topological polar surface area (TPSA) is 23.5 Å². The molecule has 1 aliphatic heterocycles. The van der Waals surface area contributed by atoms with Crippen LogP contribution < -0.4 is 0 Å². The van der Waals surface area contributed by atoms with Gasteiger partial charge >= 0.3 is 0 Å². The van der Waals surface area contributed by atoms with Crippen LogP contribution in [0.2, 0.25) is 0 Å². The van der Waals surface area contributed by atoms with E-state index in [-0.39, 0.29) is 6.61 Å². The first-order valence-corrected chi connectivity index (χ1v) is 6.14. The van der Waals surface area contributed by atoms with Crippen molar-refractivity contribution in [2.75, 3.05) is 19.7 Å². The Morgan fingerprint density at radius 1 is 1.60 bits per heavy atom. The minimum atomic E-state index is -1.38. The van der Waals surface area contributed by atoms with E-state index in [2.05, 4.69) is 11.0 Å². The highest BCUT2D eigenvalue weighted by Crippen LogP contribution is 2.26. The Kier molecular flexibility index (Phi) is 3.38. The van der Waals surface area contributed by atoms with E-state index in [0.29, 0.717) is 13.0 Å². The molecule has 1 unspecified atom stereocenters. The highest BCUT2D eigenvalue weighted by Gasteiger charge is 2.34. The zero-order valence-corrected chi connectivity index (χ0v) is 9.47. The molecule has 1 aliphatic rings. The number of halogens is 1. The summed E-state index contributed by atoms with van der Waals surface area (Å²) in [6, 6.07) is 4.08. The number of aliphatic hydroxyl groups excluding tert-OH is 1. The summed E-state index contributed by atoms with van der Waals surface area (Å²) in [7, 11) is 0. The number of thiophene rings is 1. The van der Waals surface area contributed by atoms with Crippen molar-refractivity contribution in [3.8, 4) is 0 Å². The molecule has 0 radical (unpaired) electrons. The average Bonchev–Trinajstić information content (AvgIpc) is 2.71. The molecule has 4 heteroatoms. The number of rotatable bonds is 3. The number of aliphatic hydroxyl groups is 1. The summed E-state index contributed by atoms with van der Waals surface area (Å²) in [5, 5.41) is 11.0. The minimum absolute atomic E-state index is 0.353. The van der Waals surface area contributed by atoms with Gasteiger partial charge in [0.05, 0.1) is 6.61 Å². The van der Waals surface area contributed by atoms with Gasteiger partial charge in [0.25, 0.3) is 0 Å². The van der Waals surface area contributed by atoms with E-state index in [4.69, 9.17) is 5.11 Å². The fraction of sp³-hybridized carbons (Fsp3) is 0.636. The SMILES string of the molecule is OCC1(F)CCCN(Cc2cccs2)C1. The molecule has 2 heterocycles. The van der Waals surface area contributed by atoms with Crippen LogP contribution in [0.4, 0.5) is 4.39 Å². The van der Waals surface area contributed by atoms with Gasteiger partial charge in [0.15, 0.2) is 0 Å². The summed E-state index contributed by atoms with van der Waals surface area (Å²) in [4.78, 5) is 3.35. The molecule has 15 heavy (non-hydrogen) atoms. The van der Waals surface area contributed by atoms with Crippen LogP contribution in [-0.2, 0) is 6.54 Å². The van der Waals surface area contributed by atoms with Gasteiger partial charge in [0, 0.05) is 18.0 Å². The van der Waals surface area contributed by atoms with E-state index >= 15 is 0 Å². The molecule has 2 rings (SSSR count). The Bertz CT molecular complexity index is 304. The molecule has 84 valence electrons. The summed E-state index contributed by atoms with van der Waals surface area (Å²) in [6.07, 6.45) is 1.33. The van der Waals surface area contributed by atoms with Gasteiger partial charge in [-0.1, -0.05) is 6.07 Å². The molecule has 0 aromatic carbocycles. The standard InChI is InChI=1S/C11H16FNOS/c12-11(9-14)4-2-5-13(8-11)7-10-3-1-6-15-10/h1,3,6,14H,2,4-5,7-9H2. The third kappa shape index (κ3) is 2.77. The molecule has 1 saturated heterocycles. The van der Waals surface area contributed by atoms with Crippen molar-refractivity contribution in [2.24, 2.45) is 0 Å². The highest BCUT2D eigenvalue weighted by atomic mass is 32.1. The molecular formula is C11H16FNOS. The molecule has 0 spiro atoms. The van der Waals surface area contributed by atoms with Crippen LogP contribution in [0, 0.1) is 0 Å². The van der Waals surface area contributed by atoms with E-state index in [1.165, 1.54) is 4.88 Å². The molecule has 0 amide bonds. The van der Waals surface area contributed by atoms with Gasteiger partial charge < -0.3 is 5.11 Å². The first kappa shape index (κ1) is 11.0. The largest absolute Gasteiger partial charge is 0.393 e. The quantitative estimate of drug-likeness (QED) is 0.857. The highest BCUT2D eigenvalue weighted by molar-refractivity contribution is 7.09. The Morgan fingerprint density at radius 2 is 2.47 bits per heavy atom. The zero-order valence-electron chi connectivity index (χ0n) is 8.66. The number of likely N-dealkylation sites (tertiary alicyclic amines) is 1. The van der Waals surface area contributed by atoms with Gasteiger partial charge in [-0.15, -0.1) is 11.3 Å². The average molecular weight is 229 g/mol. The Morgan fingerprint density at radius 3 is 3.13 bits per heavy atom. The second-order valence-electron chi connectivity index (χ2n) is 4.20. The van der Waals surface area contributed by atoms with Crippen LogP contribution in [0.1, 0.15) is 17.7 Å². The van der Waals surface area contributed by atoms with E-state index < -0.39 is 5.67 Å². The van der Waals surface area contributed by atoms with Crippen molar-refractivity contribution >= 4 is 11.3 Å². The molecule has 1 fully saturated rings. The summed E-state index contributed by atoms with van der Waals surface area (Å²) in [6.45, 7) is 1.75. The molecule has 0 aliphatic carbocycles. The fourth-order valence-electron chi connectivity index (χ4n) is 2.07. The fourth-order valence-corrected chi connectivity index (χ4v) is 2.81. The number of nitrogens with zero attached hydrogens (tertiary/aromatic N) is 1. The maximum atomic E-state index is 13.9. The van der Waals surface area contributed by atoms with Gasteiger partial charge in [0.1, 0.15) is 5.67 Å². The first-order chi connectivity index (χ1) is 7.22. The van der Waals surface area contributed by atoms with Crippen LogP contribution in [0.3, 0.4) is 0 Å². The van der Waals surface area contributed by atoms with Crippen molar-refractivity contribution in [1.29, 1.82) is 0 Å². The van der Waals surface area contributed by atoms with Crippen LogP contribution in [0.25, 0.3) is 0 Å². The molecule has 1 aromatic rings. The molecule has 2 nitrogen and oxygen atoms in total. The Balaban J connectivity index is 1.93. The van der Waals surface area contributed by atoms with Gasteiger partial charge in [-0.3, -0.25) is 4.90 Å². The normalized spacial score (nSPS) is 28.1. The molecule has 1 atom stereocenters. The summed E-state index contributed by atoms with van der Waals surface area (Å²) < 4.78 is 13.9. The third-order valence-corrected chi connectivity index (χ3v) is 3.71. The lowest BCUT2D eigenvalue weighted by Crippen LogP contribution is -2.46. The van der Waals surface area contributed by atoms with E-state index in [9.17, 15) is 4.39 Å². The maximum absolute atomic E-state index is 13.9. The lowest BCUT2D eigenvalue weighted by molar-refractivity contribution is -0.00353. The van der Waals surface area contributed by atoms with Gasteiger partial charge in [-0.05, 0) is 30.8 Å². The van der Waals surface area contributed by atoms with Gasteiger partial charge in [0.2, 0.25) is 0 Å². The van der Waals surface area contributed by atoms with Crippen LogP contribution in [0.15, 0.2) is 17.5 Å². The second kappa shape index (κ2) is 4.60. The van der Waals surface area contributed by atoms with Crippen LogP contribution >= 0.6 is 11.3 Å². The smallest absolute Gasteiger partial charge is 0.146 e. The van der Waals surface area contributed by atoms with Crippen molar-refractivity contribution in [2.45, 2.75) is 25.1 Å². The molecule has 0 saturated carbocycles. The summed E-state index contributed by atoms with van der Waals surface area (Å²) in [5.74, 6) is 0. The van der Waals surface area contributed by atoms with Gasteiger partial charge in [-0.25, -0.2) is 4.39 Å². The van der Waals surface area contributed by atoms with Crippen LogP contribution in [0.5, 0.6) is 0 Å². The predicted molar refractivity (Wildman–Crippen MR) is 59.8 cm³/mol. The molecule has 1 N–H and O–H groups in total. The van der Waals surface area contributed by atoms with E-state index in [0.717, 1.165) is 19.5 Å². The number of hydrogen-bond donors (Lipinski definition) is 1. The maximum Gasteiger partial charge on any atom is 0.146 e. The monoisotopic (exact) mass is 229 g/mol. The Labute approximate surface area is 93.3 Å². The van der Waals surface area contributed by atoms with Crippen molar-refractivity contribution in [3.63, 3.8) is 0 Å². The number of hydrogen-bond acceptors (Lipinski definition) is 3. The lowest BCUT2D eigenvalue weighted by Gasteiger charge is -2.35. The molecule has 0 bridgehead atoms. The third-order valence-electron chi connectivity index (χ3n) is 2.85. The number of piperidine rings is 1.